The Labute approximate surface area is 54.3 Å². The molecule has 0 aliphatic carbocycles. The van der Waals surface area contributed by atoms with Crippen LogP contribution in [0.2, 0.25) is 0 Å². The summed E-state index contributed by atoms with van der Waals surface area (Å²) >= 11 is 0. The van der Waals surface area contributed by atoms with Gasteiger partial charge in [0.05, 0.1) is 7.11 Å². The zero-order valence-corrected chi connectivity index (χ0v) is 5.66. The lowest BCUT2D eigenvalue weighted by molar-refractivity contribution is -0.361. The van der Waals surface area contributed by atoms with Crippen molar-refractivity contribution in [3.63, 3.8) is 0 Å². The Morgan fingerprint density at radius 3 is 2.67 bits per heavy atom. The van der Waals surface area contributed by atoms with Crippen LogP contribution in [0.15, 0.2) is 0 Å². The summed E-state index contributed by atoms with van der Waals surface area (Å²) in [4.78, 5) is 8.45. The number of aliphatic hydroxyl groups is 1. The maximum absolute atomic E-state index is 8.71. The van der Waals surface area contributed by atoms with E-state index in [1.165, 1.54) is 7.11 Å². The molecule has 4 heteroatoms. The molecule has 0 saturated heterocycles. The molecule has 0 rings (SSSR count). The van der Waals surface area contributed by atoms with Crippen LogP contribution in [0.1, 0.15) is 6.92 Å². The molecule has 0 aromatic rings. The second-order valence-corrected chi connectivity index (χ2v) is 1.38. The molecule has 1 atom stereocenters. The highest BCUT2D eigenvalue weighted by molar-refractivity contribution is 4.30. The Kier molecular flexibility index (Phi) is 5.86. The lowest BCUT2D eigenvalue weighted by atomic mass is 10.7. The maximum Gasteiger partial charge on any atom is 0.212 e. The van der Waals surface area contributed by atoms with Gasteiger partial charge in [0.1, 0.15) is 6.61 Å². The molecule has 0 aromatic carbocycles. The summed E-state index contributed by atoms with van der Waals surface area (Å²) in [6.45, 7) is 2.54. The molecule has 0 fully saturated rings. The molecule has 0 aliphatic heterocycles. The van der Waals surface area contributed by atoms with Crippen LogP contribution < -0.4 is 0 Å². The minimum Gasteiger partial charge on any atom is -0.376 e. The van der Waals surface area contributed by atoms with Crippen LogP contribution in [-0.2, 0) is 14.5 Å². The second-order valence-electron chi connectivity index (χ2n) is 1.38. The summed E-state index contributed by atoms with van der Waals surface area (Å²) in [5.41, 5.74) is 0. The van der Waals surface area contributed by atoms with Gasteiger partial charge in [-0.2, -0.15) is 0 Å². The highest BCUT2D eigenvalue weighted by Crippen LogP contribution is 1.86. The van der Waals surface area contributed by atoms with Gasteiger partial charge in [-0.05, 0) is 6.92 Å². The van der Waals surface area contributed by atoms with E-state index in [2.05, 4.69) is 9.78 Å². The van der Waals surface area contributed by atoms with Crippen molar-refractivity contribution in [2.75, 3.05) is 20.3 Å². The summed E-state index contributed by atoms with van der Waals surface area (Å²) in [5.74, 6) is 0. The van der Waals surface area contributed by atoms with Gasteiger partial charge in [-0.1, -0.05) is 0 Å². The smallest absolute Gasteiger partial charge is 0.212 e. The molecule has 0 aliphatic rings. The second kappa shape index (κ2) is 5.97. The summed E-state index contributed by atoms with van der Waals surface area (Å²) in [5, 5.41) is 8.71. The Hall–Kier alpha value is -0.160. The molecule has 4 nitrogen and oxygen atoms in total. The van der Waals surface area contributed by atoms with Gasteiger partial charge in [0.15, 0.2) is 0 Å². The number of hydrogen-bond acceptors (Lipinski definition) is 4. The monoisotopic (exact) mass is 136 g/mol. The first-order valence-corrected chi connectivity index (χ1v) is 2.76. The Morgan fingerprint density at radius 1 is 1.56 bits per heavy atom. The highest BCUT2D eigenvalue weighted by Gasteiger charge is 2.01. The van der Waals surface area contributed by atoms with E-state index >= 15 is 0 Å². The van der Waals surface area contributed by atoms with Crippen LogP contribution >= 0.6 is 0 Å². The molecule has 0 saturated carbocycles. The molecular weight excluding hydrogens is 124 g/mol. The SMILES string of the molecule is CCOCC(O)OOC. The molecule has 0 heterocycles. The van der Waals surface area contributed by atoms with E-state index in [4.69, 9.17) is 9.84 Å². The maximum atomic E-state index is 8.71. The van der Waals surface area contributed by atoms with Gasteiger partial charge < -0.3 is 9.84 Å². The fraction of sp³-hybridized carbons (Fsp3) is 1.00. The van der Waals surface area contributed by atoms with Crippen LogP contribution in [0.25, 0.3) is 0 Å². The van der Waals surface area contributed by atoms with Crippen LogP contribution in [0.3, 0.4) is 0 Å². The molecule has 0 aromatic heterocycles. The Morgan fingerprint density at radius 2 is 2.22 bits per heavy atom. The van der Waals surface area contributed by atoms with E-state index in [-0.39, 0.29) is 6.61 Å². The van der Waals surface area contributed by atoms with E-state index in [0.29, 0.717) is 6.61 Å². The highest BCUT2D eigenvalue weighted by atomic mass is 17.2. The molecular formula is C5H12O4. The average Bonchev–Trinajstić information content (AvgIpc) is 1.85. The van der Waals surface area contributed by atoms with E-state index in [9.17, 15) is 0 Å². The van der Waals surface area contributed by atoms with E-state index in [0.717, 1.165) is 0 Å². The number of aliphatic hydroxyl groups excluding tert-OH is 1. The van der Waals surface area contributed by atoms with Crippen molar-refractivity contribution in [3.05, 3.63) is 0 Å². The van der Waals surface area contributed by atoms with E-state index in [1.807, 2.05) is 6.92 Å². The summed E-state index contributed by atoms with van der Waals surface area (Å²) in [7, 11) is 1.33. The summed E-state index contributed by atoms with van der Waals surface area (Å²) < 4.78 is 4.79. The Bertz CT molecular complexity index is 56.9. The lowest BCUT2D eigenvalue weighted by Crippen LogP contribution is -2.18. The first kappa shape index (κ1) is 8.84. The minimum absolute atomic E-state index is 0.143. The van der Waals surface area contributed by atoms with Crippen LogP contribution in [0, 0.1) is 0 Å². The predicted molar refractivity (Wildman–Crippen MR) is 30.6 cm³/mol. The fourth-order valence-corrected chi connectivity index (χ4v) is 0.358. The van der Waals surface area contributed by atoms with E-state index in [1.54, 1.807) is 0 Å². The topological polar surface area (TPSA) is 47.9 Å². The summed E-state index contributed by atoms with van der Waals surface area (Å²) in [6.07, 6.45) is -0.977. The van der Waals surface area contributed by atoms with Crippen LogP contribution in [-0.4, -0.2) is 31.7 Å². The number of rotatable bonds is 5. The van der Waals surface area contributed by atoms with Gasteiger partial charge in [-0.25, -0.2) is 9.78 Å². The molecule has 0 spiro atoms. The van der Waals surface area contributed by atoms with Crippen molar-refractivity contribution in [1.82, 2.24) is 0 Å². The molecule has 0 amide bonds. The third kappa shape index (κ3) is 5.72. The number of hydrogen-bond donors (Lipinski definition) is 1. The largest absolute Gasteiger partial charge is 0.376 e. The molecule has 0 radical (unpaired) electrons. The van der Waals surface area contributed by atoms with Gasteiger partial charge in [0, 0.05) is 6.61 Å². The van der Waals surface area contributed by atoms with Crippen molar-refractivity contribution in [2.45, 2.75) is 13.2 Å². The third-order valence-corrected chi connectivity index (χ3v) is 0.672. The average molecular weight is 136 g/mol. The quantitative estimate of drug-likeness (QED) is 0.326. The first-order valence-electron chi connectivity index (χ1n) is 2.76. The van der Waals surface area contributed by atoms with E-state index < -0.39 is 6.29 Å². The third-order valence-electron chi connectivity index (χ3n) is 0.672. The summed E-state index contributed by atoms with van der Waals surface area (Å²) in [6, 6.07) is 0. The molecule has 1 N–H and O–H groups in total. The molecule has 56 valence electrons. The van der Waals surface area contributed by atoms with Crippen LogP contribution in [0.4, 0.5) is 0 Å². The zero-order valence-electron chi connectivity index (χ0n) is 5.66. The van der Waals surface area contributed by atoms with Gasteiger partial charge in [-0.15, -0.1) is 0 Å². The van der Waals surface area contributed by atoms with Gasteiger partial charge in [0.25, 0.3) is 0 Å². The van der Waals surface area contributed by atoms with Crippen molar-refractivity contribution in [1.29, 1.82) is 0 Å². The lowest BCUT2D eigenvalue weighted by Gasteiger charge is -2.07. The standard InChI is InChI=1S/C5H12O4/c1-3-8-4-5(6)9-7-2/h5-6H,3-4H2,1-2H3. The molecule has 1 unspecified atom stereocenters. The van der Waals surface area contributed by atoms with Gasteiger partial charge >= 0.3 is 0 Å². The van der Waals surface area contributed by atoms with Gasteiger partial charge in [-0.3, -0.25) is 0 Å². The van der Waals surface area contributed by atoms with Crippen molar-refractivity contribution in [2.24, 2.45) is 0 Å². The van der Waals surface area contributed by atoms with Crippen molar-refractivity contribution < 1.29 is 19.6 Å². The van der Waals surface area contributed by atoms with Crippen LogP contribution in [0.5, 0.6) is 0 Å². The normalized spacial score (nSPS) is 13.7. The molecule has 0 bridgehead atoms. The fourth-order valence-electron chi connectivity index (χ4n) is 0.358. The first-order chi connectivity index (χ1) is 4.31. The predicted octanol–water partition coefficient (Wildman–Crippen LogP) is -0.0807. The van der Waals surface area contributed by atoms with Crippen molar-refractivity contribution >= 4 is 0 Å². The van der Waals surface area contributed by atoms with Gasteiger partial charge in [0.2, 0.25) is 6.29 Å². The zero-order chi connectivity index (χ0) is 7.11. The molecule has 9 heavy (non-hydrogen) atoms. The number of ether oxygens (including phenoxy) is 1. The van der Waals surface area contributed by atoms with Crippen molar-refractivity contribution in [3.8, 4) is 0 Å². The Balaban J connectivity index is 2.95. The minimum atomic E-state index is -0.977.